The molecule has 24 heavy (non-hydrogen) atoms. The van der Waals surface area contributed by atoms with Gasteiger partial charge in [-0.3, -0.25) is 4.99 Å². The minimum Gasteiger partial charge on any atom is -0.356 e. The van der Waals surface area contributed by atoms with Crippen LogP contribution in [0.5, 0.6) is 0 Å². The third-order valence-corrected chi connectivity index (χ3v) is 3.53. The van der Waals surface area contributed by atoms with Crippen LogP contribution < -0.4 is 5.32 Å². The highest BCUT2D eigenvalue weighted by Crippen LogP contribution is 2.09. The first-order valence-corrected chi connectivity index (χ1v) is 7.50. The average molecular weight is 445 g/mol. The number of hydrogen-bond donors (Lipinski definition) is 1. The highest BCUT2D eigenvalue weighted by molar-refractivity contribution is 14.0. The predicted molar refractivity (Wildman–Crippen MR) is 105 cm³/mol. The summed E-state index contributed by atoms with van der Waals surface area (Å²) < 4.78 is 26.5. The van der Waals surface area contributed by atoms with Crippen LogP contribution >= 0.6 is 24.0 Å². The van der Waals surface area contributed by atoms with Gasteiger partial charge < -0.3 is 10.2 Å². The van der Waals surface area contributed by atoms with Crippen molar-refractivity contribution in [2.75, 3.05) is 20.6 Å². The van der Waals surface area contributed by atoms with E-state index in [4.69, 9.17) is 0 Å². The van der Waals surface area contributed by atoms with Gasteiger partial charge in [-0.05, 0) is 23.6 Å². The number of rotatable bonds is 5. The lowest BCUT2D eigenvalue weighted by Crippen LogP contribution is -2.39. The molecule has 0 aromatic heterocycles. The molecule has 1 N–H and O–H groups in total. The van der Waals surface area contributed by atoms with E-state index in [0.717, 1.165) is 18.6 Å². The zero-order valence-corrected chi connectivity index (χ0v) is 16.1. The van der Waals surface area contributed by atoms with Gasteiger partial charge >= 0.3 is 0 Å². The van der Waals surface area contributed by atoms with Crippen molar-refractivity contribution in [1.29, 1.82) is 0 Å². The Morgan fingerprint density at radius 2 is 1.83 bits per heavy atom. The van der Waals surface area contributed by atoms with Crippen LogP contribution in [0.15, 0.2) is 53.5 Å². The summed E-state index contributed by atoms with van der Waals surface area (Å²) in [4.78, 5) is 6.23. The van der Waals surface area contributed by atoms with Gasteiger partial charge in [-0.25, -0.2) is 8.78 Å². The summed E-state index contributed by atoms with van der Waals surface area (Å²) in [5.74, 6) is -0.339. The van der Waals surface area contributed by atoms with E-state index in [1.165, 1.54) is 17.7 Å². The third-order valence-electron chi connectivity index (χ3n) is 3.53. The van der Waals surface area contributed by atoms with Gasteiger partial charge in [0.15, 0.2) is 5.96 Å². The van der Waals surface area contributed by atoms with Crippen LogP contribution in [0.1, 0.15) is 11.1 Å². The highest BCUT2D eigenvalue weighted by Gasteiger charge is 2.08. The van der Waals surface area contributed by atoms with Crippen LogP contribution in [0, 0.1) is 11.6 Å². The van der Waals surface area contributed by atoms with Crippen molar-refractivity contribution in [3.63, 3.8) is 0 Å². The maximum atomic E-state index is 13.6. The molecule has 0 aliphatic carbocycles. The molecule has 0 atom stereocenters. The third kappa shape index (κ3) is 6.07. The maximum absolute atomic E-state index is 13.6. The van der Waals surface area contributed by atoms with Gasteiger partial charge in [0.05, 0.1) is 0 Å². The number of guanidine groups is 1. The Hall–Kier alpha value is -1.70. The molecule has 3 nitrogen and oxygen atoms in total. The van der Waals surface area contributed by atoms with E-state index < -0.39 is 11.6 Å². The molecule has 0 amide bonds. The van der Waals surface area contributed by atoms with Crippen molar-refractivity contribution < 1.29 is 8.78 Å². The fourth-order valence-corrected chi connectivity index (χ4v) is 2.35. The molecular formula is C18H22F2IN3. The molecule has 2 aromatic carbocycles. The van der Waals surface area contributed by atoms with Crippen molar-refractivity contribution in [2.24, 2.45) is 4.99 Å². The lowest BCUT2D eigenvalue weighted by Gasteiger charge is -2.22. The average Bonchev–Trinajstić information content (AvgIpc) is 2.54. The largest absolute Gasteiger partial charge is 0.356 e. The molecule has 0 heterocycles. The Balaban J connectivity index is 0.00000288. The normalized spacial score (nSPS) is 10.9. The topological polar surface area (TPSA) is 27.6 Å². The zero-order chi connectivity index (χ0) is 16.7. The molecule has 0 bridgehead atoms. The zero-order valence-electron chi connectivity index (χ0n) is 13.8. The molecule has 0 saturated carbocycles. The molecule has 0 fully saturated rings. The maximum Gasteiger partial charge on any atom is 0.193 e. The Bertz CT molecular complexity index is 663. The van der Waals surface area contributed by atoms with Gasteiger partial charge in [0.2, 0.25) is 0 Å². The molecule has 0 unspecified atom stereocenters. The summed E-state index contributed by atoms with van der Waals surface area (Å²) in [5.41, 5.74) is 1.67. The molecule has 6 heteroatoms. The van der Waals surface area contributed by atoms with Crippen LogP contribution in [0.4, 0.5) is 8.78 Å². The van der Waals surface area contributed by atoms with Gasteiger partial charge in [-0.15, -0.1) is 24.0 Å². The second-order valence-electron chi connectivity index (χ2n) is 5.30. The minimum atomic E-state index is -0.558. The molecule has 0 spiro atoms. The SMILES string of the molecule is CN=C(NCCc1ccc(F)cc1F)N(C)Cc1ccccc1.I. The first kappa shape index (κ1) is 20.3. The molecule has 2 aromatic rings. The summed E-state index contributed by atoms with van der Waals surface area (Å²) in [5, 5.41) is 3.20. The molecule has 130 valence electrons. The fraction of sp³-hybridized carbons (Fsp3) is 0.278. The summed E-state index contributed by atoms with van der Waals surface area (Å²) in [6, 6.07) is 13.7. The molecule has 0 radical (unpaired) electrons. The van der Waals surface area contributed by atoms with Gasteiger partial charge in [-0.1, -0.05) is 36.4 Å². The summed E-state index contributed by atoms with van der Waals surface area (Å²) >= 11 is 0. The lowest BCUT2D eigenvalue weighted by atomic mass is 10.1. The summed E-state index contributed by atoms with van der Waals surface area (Å²) in [6.45, 7) is 1.25. The van der Waals surface area contributed by atoms with Crippen LogP contribution in [-0.2, 0) is 13.0 Å². The number of nitrogens with one attached hydrogen (secondary N) is 1. The molecule has 2 rings (SSSR count). The number of aliphatic imine (C=N–C) groups is 1. The van der Waals surface area contributed by atoms with E-state index >= 15 is 0 Å². The highest BCUT2D eigenvalue weighted by atomic mass is 127. The first-order valence-electron chi connectivity index (χ1n) is 7.50. The number of benzene rings is 2. The Morgan fingerprint density at radius 1 is 1.12 bits per heavy atom. The van der Waals surface area contributed by atoms with E-state index in [0.29, 0.717) is 18.5 Å². The van der Waals surface area contributed by atoms with Crippen molar-refractivity contribution in [3.05, 3.63) is 71.3 Å². The van der Waals surface area contributed by atoms with E-state index in [9.17, 15) is 8.78 Å². The van der Waals surface area contributed by atoms with Crippen molar-refractivity contribution in [3.8, 4) is 0 Å². The van der Waals surface area contributed by atoms with Crippen LogP contribution in [0.2, 0.25) is 0 Å². The van der Waals surface area contributed by atoms with Crippen LogP contribution in [-0.4, -0.2) is 31.5 Å². The van der Waals surface area contributed by atoms with Crippen LogP contribution in [0.25, 0.3) is 0 Å². The first-order chi connectivity index (χ1) is 11.1. The standard InChI is InChI=1S/C18H21F2N3.HI/c1-21-18(23(2)13-14-6-4-3-5-7-14)22-11-10-15-8-9-16(19)12-17(15)20;/h3-9,12H,10-11,13H2,1-2H3,(H,21,22);1H. The molecule has 0 saturated heterocycles. The number of halogens is 3. The van der Waals surface area contributed by atoms with Gasteiger partial charge in [0.1, 0.15) is 11.6 Å². The second-order valence-corrected chi connectivity index (χ2v) is 5.30. The summed E-state index contributed by atoms with van der Waals surface area (Å²) in [7, 11) is 3.66. The van der Waals surface area contributed by atoms with E-state index in [1.807, 2.05) is 30.1 Å². The monoisotopic (exact) mass is 445 g/mol. The molecular weight excluding hydrogens is 423 g/mol. The smallest absolute Gasteiger partial charge is 0.193 e. The predicted octanol–water partition coefficient (Wildman–Crippen LogP) is 3.83. The number of nitrogens with zero attached hydrogens (tertiary/aromatic N) is 2. The lowest BCUT2D eigenvalue weighted by molar-refractivity contribution is 0.476. The minimum absolute atomic E-state index is 0. The van der Waals surface area contributed by atoms with Crippen molar-refractivity contribution in [2.45, 2.75) is 13.0 Å². The van der Waals surface area contributed by atoms with Gasteiger partial charge in [0.25, 0.3) is 0 Å². The van der Waals surface area contributed by atoms with Crippen molar-refractivity contribution in [1.82, 2.24) is 10.2 Å². The second kappa shape index (κ2) is 10.2. The Labute approximate surface area is 158 Å². The van der Waals surface area contributed by atoms with E-state index in [-0.39, 0.29) is 24.0 Å². The van der Waals surface area contributed by atoms with Crippen molar-refractivity contribution >= 4 is 29.9 Å². The van der Waals surface area contributed by atoms with Gasteiger partial charge in [-0.2, -0.15) is 0 Å². The van der Waals surface area contributed by atoms with Crippen LogP contribution in [0.3, 0.4) is 0 Å². The fourth-order valence-electron chi connectivity index (χ4n) is 2.35. The Morgan fingerprint density at radius 3 is 2.46 bits per heavy atom. The molecule has 0 aliphatic heterocycles. The van der Waals surface area contributed by atoms with E-state index in [2.05, 4.69) is 22.4 Å². The van der Waals surface area contributed by atoms with E-state index in [1.54, 1.807) is 7.05 Å². The number of hydrogen-bond acceptors (Lipinski definition) is 1. The molecule has 0 aliphatic rings. The summed E-state index contributed by atoms with van der Waals surface area (Å²) in [6.07, 6.45) is 0.463. The Kier molecular flexibility index (Phi) is 8.67. The van der Waals surface area contributed by atoms with Gasteiger partial charge in [0, 0.05) is 33.3 Å². The quantitative estimate of drug-likeness (QED) is 0.431.